The van der Waals surface area contributed by atoms with Gasteiger partial charge in [0.25, 0.3) is 15.9 Å². The lowest BCUT2D eigenvalue weighted by atomic mass is 10.1. The second-order valence-electron chi connectivity index (χ2n) is 7.12. The Morgan fingerprint density at radius 2 is 1.72 bits per heavy atom. The van der Waals surface area contributed by atoms with Crippen molar-refractivity contribution in [3.63, 3.8) is 0 Å². The van der Waals surface area contributed by atoms with Gasteiger partial charge in [-0.1, -0.05) is 30.3 Å². The summed E-state index contributed by atoms with van der Waals surface area (Å²) >= 11 is 0. The van der Waals surface area contributed by atoms with E-state index in [1.807, 2.05) is 6.92 Å². The van der Waals surface area contributed by atoms with Crippen molar-refractivity contribution in [2.24, 2.45) is 0 Å². The van der Waals surface area contributed by atoms with Crippen LogP contribution in [0.25, 0.3) is 0 Å². The van der Waals surface area contributed by atoms with Gasteiger partial charge in [0.2, 0.25) is 0 Å². The maximum atomic E-state index is 14.0. The molecule has 0 heterocycles. The molecule has 6 nitrogen and oxygen atoms in total. The van der Waals surface area contributed by atoms with Crippen LogP contribution < -0.4 is 9.04 Å². The minimum atomic E-state index is -3.85. The number of carbonyl (C=O) groups is 1. The average molecular weight is 457 g/mol. The predicted octanol–water partition coefficient (Wildman–Crippen LogP) is 4.32. The zero-order chi connectivity index (χ0) is 23.3. The zero-order valence-electron chi connectivity index (χ0n) is 18.2. The lowest BCUT2D eigenvalue weighted by Crippen LogP contribution is -2.31. The first-order valence-corrected chi connectivity index (χ1v) is 11.5. The van der Waals surface area contributed by atoms with E-state index in [1.165, 1.54) is 47.6 Å². The molecule has 32 heavy (non-hydrogen) atoms. The highest BCUT2D eigenvalue weighted by Gasteiger charge is 2.23. The van der Waals surface area contributed by atoms with Gasteiger partial charge < -0.3 is 9.64 Å². The van der Waals surface area contributed by atoms with Gasteiger partial charge >= 0.3 is 0 Å². The molecule has 0 aliphatic rings. The Bertz CT molecular complexity index is 1200. The van der Waals surface area contributed by atoms with Crippen molar-refractivity contribution in [3.8, 4) is 5.75 Å². The van der Waals surface area contributed by atoms with Crippen LogP contribution in [0.5, 0.6) is 5.75 Å². The fraction of sp³-hybridized carbons (Fsp3) is 0.208. The van der Waals surface area contributed by atoms with E-state index in [1.54, 1.807) is 48.5 Å². The molecule has 0 spiro atoms. The molecule has 1 amide bonds. The summed E-state index contributed by atoms with van der Waals surface area (Å²) < 4.78 is 46.3. The van der Waals surface area contributed by atoms with Crippen molar-refractivity contribution < 1.29 is 22.3 Å². The van der Waals surface area contributed by atoms with Gasteiger partial charge in [-0.3, -0.25) is 9.10 Å². The quantitative estimate of drug-likeness (QED) is 0.506. The second-order valence-corrected chi connectivity index (χ2v) is 9.09. The van der Waals surface area contributed by atoms with E-state index >= 15 is 0 Å². The van der Waals surface area contributed by atoms with Gasteiger partial charge in [-0.05, 0) is 55.0 Å². The van der Waals surface area contributed by atoms with Crippen LogP contribution in [-0.4, -0.2) is 39.9 Å². The fourth-order valence-electron chi connectivity index (χ4n) is 3.26. The molecule has 8 heteroatoms. The van der Waals surface area contributed by atoms with Gasteiger partial charge in [0.1, 0.15) is 0 Å². The summed E-state index contributed by atoms with van der Waals surface area (Å²) in [5.41, 5.74) is 1.36. The molecule has 0 atom stereocenters. The third-order valence-corrected chi connectivity index (χ3v) is 6.90. The summed E-state index contributed by atoms with van der Waals surface area (Å²) in [6.07, 6.45) is 0. The number of methoxy groups -OCH3 is 1. The van der Waals surface area contributed by atoms with E-state index < -0.39 is 15.8 Å². The van der Waals surface area contributed by atoms with Crippen LogP contribution in [0.4, 0.5) is 10.1 Å². The molecule has 0 unspecified atom stereocenters. The number of halogens is 1. The maximum absolute atomic E-state index is 14.0. The highest BCUT2D eigenvalue weighted by molar-refractivity contribution is 7.92. The number of anilines is 1. The number of nitrogens with zero attached hydrogens (tertiary/aromatic N) is 2. The summed E-state index contributed by atoms with van der Waals surface area (Å²) in [4.78, 5) is 14.6. The van der Waals surface area contributed by atoms with Crippen molar-refractivity contribution >= 4 is 21.6 Å². The standard InChI is InChI=1S/C24H25FN2O4S/c1-4-27(17-18-13-14-23(31-3)22(25)15-18)24(28)19-9-8-12-21(16-19)32(29,30)26(2)20-10-6-5-7-11-20/h5-16H,4,17H2,1-3H3. The van der Waals surface area contributed by atoms with Crippen molar-refractivity contribution in [2.75, 3.05) is 25.0 Å². The van der Waals surface area contributed by atoms with Gasteiger partial charge in [-0.2, -0.15) is 0 Å². The largest absolute Gasteiger partial charge is 0.494 e. The van der Waals surface area contributed by atoms with Crippen LogP contribution in [0.3, 0.4) is 0 Å². The average Bonchev–Trinajstić information content (AvgIpc) is 2.82. The monoisotopic (exact) mass is 456 g/mol. The van der Waals surface area contributed by atoms with Crippen LogP contribution in [0.15, 0.2) is 77.7 Å². The third kappa shape index (κ3) is 4.91. The molecular formula is C24H25FN2O4S. The van der Waals surface area contributed by atoms with Gasteiger partial charge in [0, 0.05) is 25.7 Å². The fourth-order valence-corrected chi connectivity index (χ4v) is 4.50. The lowest BCUT2D eigenvalue weighted by Gasteiger charge is -2.23. The van der Waals surface area contributed by atoms with Crippen molar-refractivity contribution in [1.82, 2.24) is 4.90 Å². The Balaban J connectivity index is 1.85. The molecule has 0 aliphatic carbocycles. The number of sulfonamides is 1. The van der Waals surface area contributed by atoms with Crippen molar-refractivity contribution in [1.29, 1.82) is 0 Å². The van der Waals surface area contributed by atoms with Crippen molar-refractivity contribution in [2.45, 2.75) is 18.4 Å². The summed E-state index contributed by atoms with van der Waals surface area (Å²) in [6, 6.07) is 19.2. The number of ether oxygens (including phenoxy) is 1. The molecule has 168 valence electrons. The van der Waals surface area contributed by atoms with Crippen LogP contribution in [0, 0.1) is 5.82 Å². The van der Waals surface area contributed by atoms with E-state index in [-0.39, 0.29) is 28.7 Å². The molecule has 3 aromatic carbocycles. The molecule has 3 aromatic rings. The van der Waals surface area contributed by atoms with Gasteiger partial charge in [0.05, 0.1) is 17.7 Å². The molecule has 0 saturated carbocycles. The molecule has 0 bridgehead atoms. The molecule has 0 aliphatic heterocycles. The molecular weight excluding hydrogens is 431 g/mol. The number of benzene rings is 3. The SMILES string of the molecule is CCN(Cc1ccc(OC)c(F)c1)C(=O)c1cccc(S(=O)(=O)N(C)c2ccccc2)c1. The molecule has 0 aromatic heterocycles. The van der Waals surface area contributed by atoms with E-state index in [2.05, 4.69) is 0 Å². The van der Waals surface area contributed by atoms with E-state index in [0.717, 1.165) is 0 Å². The molecule has 0 N–H and O–H groups in total. The summed E-state index contributed by atoms with van der Waals surface area (Å²) in [6.45, 7) is 2.35. The second kappa shape index (κ2) is 9.82. The first kappa shape index (κ1) is 23.3. The smallest absolute Gasteiger partial charge is 0.264 e. The minimum Gasteiger partial charge on any atom is -0.494 e. The number of hydrogen-bond acceptors (Lipinski definition) is 4. The van der Waals surface area contributed by atoms with Crippen LogP contribution in [0.2, 0.25) is 0 Å². The van der Waals surface area contributed by atoms with E-state index in [4.69, 9.17) is 4.74 Å². The minimum absolute atomic E-state index is 0.0150. The first-order chi connectivity index (χ1) is 15.3. The molecule has 0 fully saturated rings. The summed E-state index contributed by atoms with van der Waals surface area (Å²) in [5, 5.41) is 0. The number of amides is 1. The van der Waals surface area contributed by atoms with Crippen molar-refractivity contribution in [3.05, 3.63) is 89.7 Å². The topological polar surface area (TPSA) is 66.9 Å². The first-order valence-electron chi connectivity index (χ1n) is 10.0. The third-order valence-electron chi connectivity index (χ3n) is 5.12. The molecule has 0 radical (unpaired) electrons. The lowest BCUT2D eigenvalue weighted by molar-refractivity contribution is 0.0752. The Hall–Kier alpha value is -3.39. The van der Waals surface area contributed by atoms with Gasteiger partial charge in [-0.25, -0.2) is 12.8 Å². The Morgan fingerprint density at radius 1 is 1.00 bits per heavy atom. The van der Waals surface area contributed by atoms with Gasteiger partial charge in [-0.15, -0.1) is 0 Å². The zero-order valence-corrected chi connectivity index (χ0v) is 19.0. The van der Waals surface area contributed by atoms with Crippen LogP contribution >= 0.6 is 0 Å². The number of carbonyl (C=O) groups excluding carboxylic acids is 1. The molecule has 3 rings (SSSR count). The maximum Gasteiger partial charge on any atom is 0.264 e. The van der Waals surface area contributed by atoms with Crippen LogP contribution in [-0.2, 0) is 16.6 Å². The van der Waals surface area contributed by atoms with E-state index in [9.17, 15) is 17.6 Å². The highest BCUT2D eigenvalue weighted by Crippen LogP contribution is 2.23. The highest BCUT2D eigenvalue weighted by atomic mass is 32.2. The number of hydrogen-bond donors (Lipinski definition) is 0. The Labute approximate surface area is 187 Å². The van der Waals surface area contributed by atoms with Gasteiger partial charge in [0.15, 0.2) is 11.6 Å². The Morgan fingerprint density at radius 3 is 2.34 bits per heavy atom. The van der Waals surface area contributed by atoms with E-state index in [0.29, 0.717) is 17.8 Å². The predicted molar refractivity (Wildman–Crippen MR) is 122 cm³/mol. The van der Waals surface area contributed by atoms with Crippen LogP contribution in [0.1, 0.15) is 22.8 Å². The number of rotatable bonds is 8. The normalized spacial score (nSPS) is 11.1. The number of para-hydroxylation sites is 1. The molecule has 0 saturated heterocycles. The Kier molecular flexibility index (Phi) is 7.15. The summed E-state index contributed by atoms with van der Waals surface area (Å²) in [7, 11) is -1.00. The summed E-state index contributed by atoms with van der Waals surface area (Å²) in [5.74, 6) is -0.725.